The van der Waals surface area contributed by atoms with Crippen molar-refractivity contribution in [2.45, 2.75) is 39.7 Å². The number of hydrogen-bond acceptors (Lipinski definition) is 5. The molecule has 0 atom stereocenters. The molecule has 8 nitrogen and oxygen atoms in total. The Morgan fingerprint density at radius 3 is 2.53 bits per heavy atom. The fraction of sp³-hybridized carbons (Fsp3) is 0.375. The Bertz CT molecular complexity index is 1270. The van der Waals surface area contributed by atoms with Crippen molar-refractivity contribution < 1.29 is 9.21 Å². The van der Waals surface area contributed by atoms with Crippen LogP contribution < -0.4 is 16.6 Å². The van der Waals surface area contributed by atoms with Crippen molar-refractivity contribution in [2.24, 2.45) is 0 Å². The number of carbonyl (C=O) groups is 1. The molecule has 0 aliphatic carbocycles. The van der Waals surface area contributed by atoms with E-state index < -0.39 is 11.2 Å². The van der Waals surface area contributed by atoms with Crippen molar-refractivity contribution >= 4 is 17.0 Å². The molecule has 1 fully saturated rings. The standard InChI is InChI=1S/C24H28N4O4/c1-15(2)9-12-27-13-10-17(11-14-27)25-21(29)19-16(3)32-22-20(19)23(30)28(24(31)26-22)18-7-5-4-6-8-18/h4-9,17H,10-14H2,1-3H3,(H,25,29)(H,26,31). The Hall–Kier alpha value is -3.39. The van der Waals surface area contributed by atoms with Gasteiger partial charge in [-0.25, -0.2) is 9.36 Å². The molecule has 4 rings (SSSR count). The second-order valence-electron chi connectivity index (χ2n) is 8.47. The summed E-state index contributed by atoms with van der Waals surface area (Å²) in [6.07, 6.45) is 3.88. The first-order valence-corrected chi connectivity index (χ1v) is 10.9. The number of likely N-dealkylation sites (tertiary alicyclic amines) is 1. The average molecular weight is 437 g/mol. The summed E-state index contributed by atoms with van der Waals surface area (Å²) in [6.45, 7) is 8.51. The van der Waals surface area contributed by atoms with Crippen molar-refractivity contribution in [1.29, 1.82) is 0 Å². The molecule has 3 heterocycles. The van der Waals surface area contributed by atoms with Crippen LogP contribution in [0.4, 0.5) is 0 Å². The van der Waals surface area contributed by atoms with Gasteiger partial charge < -0.3 is 9.73 Å². The topological polar surface area (TPSA) is 100 Å². The molecule has 32 heavy (non-hydrogen) atoms. The van der Waals surface area contributed by atoms with E-state index in [1.807, 2.05) is 0 Å². The summed E-state index contributed by atoms with van der Waals surface area (Å²) in [5, 5.41) is 3.15. The molecule has 1 amide bonds. The van der Waals surface area contributed by atoms with Gasteiger partial charge in [-0.05, 0) is 45.7 Å². The van der Waals surface area contributed by atoms with Gasteiger partial charge in [0.2, 0.25) is 5.71 Å². The predicted molar refractivity (Wildman–Crippen MR) is 124 cm³/mol. The number of amides is 1. The third kappa shape index (κ3) is 4.31. The number of aromatic nitrogens is 2. The van der Waals surface area contributed by atoms with E-state index in [1.54, 1.807) is 37.3 Å². The Labute approximate surface area is 185 Å². The number of aryl methyl sites for hydroxylation is 1. The van der Waals surface area contributed by atoms with Crippen LogP contribution in [0.15, 0.2) is 56.0 Å². The van der Waals surface area contributed by atoms with Gasteiger partial charge in [-0.1, -0.05) is 29.8 Å². The number of fused-ring (bicyclic) bond motifs is 1. The van der Waals surface area contributed by atoms with Crippen molar-refractivity contribution in [1.82, 2.24) is 19.8 Å². The summed E-state index contributed by atoms with van der Waals surface area (Å²) in [6, 6.07) is 8.63. The molecule has 0 saturated carbocycles. The van der Waals surface area contributed by atoms with Crippen LogP contribution in [-0.4, -0.2) is 46.0 Å². The molecule has 0 unspecified atom stereocenters. The van der Waals surface area contributed by atoms with Crippen LogP contribution in [0, 0.1) is 6.92 Å². The molecular formula is C24H28N4O4. The van der Waals surface area contributed by atoms with Gasteiger partial charge in [0.05, 0.1) is 11.3 Å². The number of nitrogens with one attached hydrogen (secondary N) is 2. The lowest BCUT2D eigenvalue weighted by Gasteiger charge is -2.31. The van der Waals surface area contributed by atoms with Crippen molar-refractivity contribution in [3.63, 3.8) is 0 Å². The highest BCUT2D eigenvalue weighted by Gasteiger charge is 2.27. The smallest absolute Gasteiger partial charge is 0.335 e. The number of piperidine rings is 1. The quantitative estimate of drug-likeness (QED) is 0.599. The number of rotatable bonds is 5. The van der Waals surface area contributed by atoms with Crippen LogP contribution in [0.1, 0.15) is 42.8 Å². The van der Waals surface area contributed by atoms with Crippen LogP contribution in [0.5, 0.6) is 0 Å². The molecule has 3 aromatic rings. The summed E-state index contributed by atoms with van der Waals surface area (Å²) >= 11 is 0. The summed E-state index contributed by atoms with van der Waals surface area (Å²) in [4.78, 5) is 43.9. The van der Waals surface area contributed by atoms with E-state index in [0.717, 1.165) is 37.0 Å². The first-order chi connectivity index (χ1) is 15.3. The fourth-order valence-corrected chi connectivity index (χ4v) is 4.11. The van der Waals surface area contributed by atoms with Gasteiger partial charge in [0, 0.05) is 25.7 Å². The number of H-pyrrole nitrogens is 1. The third-order valence-electron chi connectivity index (χ3n) is 5.85. The normalized spacial score (nSPS) is 15.1. The van der Waals surface area contributed by atoms with Crippen LogP contribution >= 0.6 is 0 Å². The van der Waals surface area contributed by atoms with Gasteiger partial charge in [0.25, 0.3) is 11.5 Å². The second-order valence-corrected chi connectivity index (χ2v) is 8.47. The van der Waals surface area contributed by atoms with Crippen LogP contribution in [-0.2, 0) is 0 Å². The average Bonchev–Trinajstić information content (AvgIpc) is 3.10. The molecule has 0 radical (unpaired) electrons. The van der Waals surface area contributed by atoms with E-state index in [9.17, 15) is 14.4 Å². The Kier molecular flexibility index (Phi) is 6.14. The molecule has 1 aromatic carbocycles. The first kappa shape index (κ1) is 21.8. The van der Waals surface area contributed by atoms with E-state index >= 15 is 0 Å². The van der Waals surface area contributed by atoms with Gasteiger partial charge >= 0.3 is 5.69 Å². The second kappa shape index (κ2) is 9.00. The molecule has 168 valence electrons. The first-order valence-electron chi connectivity index (χ1n) is 10.9. The molecule has 2 aromatic heterocycles. The lowest BCUT2D eigenvalue weighted by atomic mass is 10.0. The van der Waals surface area contributed by atoms with Crippen molar-refractivity contribution in [3.8, 4) is 5.69 Å². The SMILES string of the molecule is CC(C)=CCN1CCC(NC(=O)c2c(C)oc3[nH]c(=O)n(-c4ccccc4)c(=O)c23)CC1. The molecule has 2 N–H and O–H groups in total. The number of carbonyl (C=O) groups excluding carboxylic acids is 1. The highest BCUT2D eigenvalue weighted by atomic mass is 16.3. The maximum Gasteiger partial charge on any atom is 0.335 e. The summed E-state index contributed by atoms with van der Waals surface area (Å²) in [5.74, 6) is -0.0511. The molecule has 1 aliphatic rings. The molecule has 1 aliphatic heterocycles. The molecule has 8 heteroatoms. The monoisotopic (exact) mass is 436 g/mol. The number of aromatic amines is 1. The van der Waals surface area contributed by atoms with Gasteiger partial charge in [0.15, 0.2) is 0 Å². The van der Waals surface area contributed by atoms with Crippen LogP contribution in [0.3, 0.4) is 0 Å². The number of nitrogens with zero attached hydrogens (tertiary/aromatic N) is 2. The Balaban J connectivity index is 1.60. The molecule has 0 bridgehead atoms. The van der Waals surface area contributed by atoms with Crippen LogP contribution in [0.2, 0.25) is 0 Å². The fourth-order valence-electron chi connectivity index (χ4n) is 4.11. The van der Waals surface area contributed by atoms with Crippen molar-refractivity contribution in [3.05, 3.63) is 74.1 Å². The third-order valence-corrected chi connectivity index (χ3v) is 5.85. The molecule has 1 saturated heterocycles. The maximum atomic E-state index is 13.2. The summed E-state index contributed by atoms with van der Waals surface area (Å²) in [7, 11) is 0. The van der Waals surface area contributed by atoms with E-state index in [0.29, 0.717) is 11.4 Å². The van der Waals surface area contributed by atoms with E-state index in [2.05, 4.69) is 35.1 Å². The number of hydrogen-bond donors (Lipinski definition) is 2. The van der Waals surface area contributed by atoms with Crippen molar-refractivity contribution in [2.75, 3.05) is 19.6 Å². The van der Waals surface area contributed by atoms with Gasteiger partial charge in [-0.2, -0.15) is 0 Å². The minimum atomic E-state index is -0.613. The largest absolute Gasteiger partial charge is 0.444 e. The Morgan fingerprint density at radius 2 is 1.88 bits per heavy atom. The van der Waals surface area contributed by atoms with E-state index in [4.69, 9.17) is 4.42 Å². The molecule has 0 spiro atoms. The van der Waals surface area contributed by atoms with E-state index in [-0.39, 0.29) is 28.6 Å². The lowest BCUT2D eigenvalue weighted by Crippen LogP contribution is -2.45. The van der Waals surface area contributed by atoms with Gasteiger partial charge in [-0.15, -0.1) is 0 Å². The predicted octanol–water partition coefficient (Wildman–Crippen LogP) is 2.74. The van der Waals surface area contributed by atoms with E-state index in [1.165, 1.54) is 5.57 Å². The highest BCUT2D eigenvalue weighted by molar-refractivity contribution is 6.06. The summed E-state index contributed by atoms with van der Waals surface area (Å²) in [5.41, 5.74) is 0.729. The lowest BCUT2D eigenvalue weighted by molar-refractivity contribution is 0.0914. The number of allylic oxidation sites excluding steroid dienone is 1. The minimum absolute atomic E-state index is 0.0198. The summed E-state index contributed by atoms with van der Waals surface area (Å²) < 4.78 is 6.61. The Morgan fingerprint density at radius 1 is 1.19 bits per heavy atom. The zero-order valence-corrected chi connectivity index (χ0v) is 18.6. The number of benzene rings is 1. The number of furan rings is 1. The minimum Gasteiger partial charge on any atom is -0.444 e. The highest BCUT2D eigenvalue weighted by Crippen LogP contribution is 2.21. The number of para-hydroxylation sites is 1. The maximum absolute atomic E-state index is 13.2. The molecular weight excluding hydrogens is 408 g/mol. The zero-order chi connectivity index (χ0) is 22.8. The van der Waals surface area contributed by atoms with Gasteiger partial charge in [0.1, 0.15) is 11.1 Å². The zero-order valence-electron chi connectivity index (χ0n) is 18.6. The van der Waals surface area contributed by atoms with Gasteiger partial charge in [-0.3, -0.25) is 19.5 Å². The van der Waals surface area contributed by atoms with Crippen LogP contribution in [0.25, 0.3) is 16.8 Å².